The third-order valence-corrected chi connectivity index (χ3v) is 7.41. The highest BCUT2D eigenvalue weighted by molar-refractivity contribution is 5.78. The molecule has 0 bridgehead atoms. The highest BCUT2D eigenvalue weighted by Gasteiger charge is 2.15. The fourth-order valence-corrected chi connectivity index (χ4v) is 5.10. The zero-order valence-electron chi connectivity index (χ0n) is 25.1. The van der Waals surface area contributed by atoms with Crippen molar-refractivity contribution in [3.8, 4) is 45.0 Å². The Morgan fingerprint density at radius 3 is 1.16 bits per heavy atom. The second kappa shape index (κ2) is 16.7. The van der Waals surface area contributed by atoms with Gasteiger partial charge in [0.25, 0.3) is 0 Å². The standard InChI is InChI=1S/C23H29N3O.C14H11N3/c27-19-13-5-3-1-2-4-12-18-26-24-22(20-14-8-6-9-15-20)23(25-26)21-16-10-7-11-17-21;1-3-7-11(8-4-1)13-14(16-17-15-13)12-9-5-2-6-10-12/h6-11,14-17,27H,1-5,12-13,18-19H2;1-10H,(H,15,16,17). The zero-order valence-corrected chi connectivity index (χ0v) is 25.1. The lowest BCUT2D eigenvalue weighted by molar-refractivity contribution is 0.282. The molecule has 0 unspecified atom stereocenters. The van der Waals surface area contributed by atoms with Crippen molar-refractivity contribution in [3.05, 3.63) is 121 Å². The van der Waals surface area contributed by atoms with Crippen LogP contribution < -0.4 is 0 Å². The minimum Gasteiger partial charge on any atom is -0.396 e. The van der Waals surface area contributed by atoms with Gasteiger partial charge in [-0.3, -0.25) is 0 Å². The number of hydrogen-bond acceptors (Lipinski definition) is 5. The number of benzene rings is 4. The predicted octanol–water partition coefficient (Wildman–Crippen LogP) is 8.47. The third kappa shape index (κ3) is 8.58. The van der Waals surface area contributed by atoms with Crippen molar-refractivity contribution in [2.24, 2.45) is 0 Å². The van der Waals surface area contributed by atoms with Gasteiger partial charge in [-0.25, -0.2) is 0 Å². The molecule has 2 N–H and O–H groups in total. The van der Waals surface area contributed by atoms with Gasteiger partial charge in [-0.1, -0.05) is 153 Å². The molecule has 0 aliphatic carbocycles. The van der Waals surface area contributed by atoms with E-state index in [9.17, 15) is 0 Å². The Morgan fingerprint density at radius 2 is 0.773 bits per heavy atom. The first-order valence-corrected chi connectivity index (χ1v) is 15.5. The van der Waals surface area contributed by atoms with E-state index in [1.165, 1.54) is 25.7 Å². The number of rotatable bonds is 13. The summed E-state index contributed by atoms with van der Waals surface area (Å²) in [6.45, 7) is 1.17. The van der Waals surface area contributed by atoms with Crippen molar-refractivity contribution in [2.75, 3.05) is 6.61 Å². The van der Waals surface area contributed by atoms with Gasteiger partial charge in [0.2, 0.25) is 0 Å². The first-order valence-electron chi connectivity index (χ1n) is 15.5. The molecule has 2 heterocycles. The lowest BCUT2D eigenvalue weighted by Gasteiger charge is -2.01. The van der Waals surface area contributed by atoms with Crippen LogP contribution in [0.2, 0.25) is 0 Å². The molecule has 224 valence electrons. The molecule has 7 heteroatoms. The lowest BCUT2D eigenvalue weighted by Crippen LogP contribution is -2.02. The molecule has 7 nitrogen and oxygen atoms in total. The number of aliphatic hydroxyl groups is 1. The van der Waals surface area contributed by atoms with Crippen molar-refractivity contribution in [2.45, 2.75) is 51.5 Å². The predicted molar refractivity (Wildman–Crippen MR) is 178 cm³/mol. The molecule has 0 atom stereocenters. The summed E-state index contributed by atoms with van der Waals surface area (Å²) < 4.78 is 0. The maximum atomic E-state index is 8.81. The molecular weight excluding hydrogens is 544 g/mol. The van der Waals surface area contributed by atoms with E-state index in [0.29, 0.717) is 6.61 Å². The van der Waals surface area contributed by atoms with Crippen LogP contribution in [-0.4, -0.2) is 42.1 Å². The van der Waals surface area contributed by atoms with Gasteiger partial charge in [-0.15, -0.1) is 0 Å². The maximum absolute atomic E-state index is 8.81. The number of nitrogens with one attached hydrogen (secondary N) is 1. The van der Waals surface area contributed by atoms with Crippen LogP contribution >= 0.6 is 0 Å². The monoisotopic (exact) mass is 584 g/mol. The van der Waals surface area contributed by atoms with E-state index in [1.54, 1.807) is 0 Å². The molecule has 0 saturated heterocycles. The number of aromatic amines is 1. The Morgan fingerprint density at radius 1 is 0.432 bits per heavy atom. The molecule has 6 aromatic rings. The second-order valence-corrected chi connectivity index (χ2v) is 10.7. The Balaban J connectivity index is 0.000000193. The van der Waals surface area contributed by atoms with Gasteiger partial charge >= 0.3 is 0 Å². The van der Waals surface area contributed by atoms with Crippen molar-refractivity contribution >= 4 is 0 Å². The van der Waals surface area contributed by atoms with Gasteiger partial charge in [-0.2, -0.15) is 30.4 Å². The highest BCUT2D eigenvalue weighted by atomic mass is 16.2. The molecule has 2 aromatic heterocycles. The van der Waals surface area contributed by atoms with Crippen LogP contribution in [0.4, 0.5) is 0 Å². The lowest BCUT2D eigenvalue weighted by atomic mass is 10.1. The second-order valence-electron chi connectivity index (χ2n) is 10.7. The number of nitrogens with zero attached hydrogens (tertiary/aromatic N) is 5. The van der Waals surface area contributed by atoms with Crippen LogP contribution in [0.5, 0.6) is 0 Å². The minimum absolute atomic E-state index is 0.318. The fraction of sp³-hybridized carbons (Fsp3) is 0.243. The van der Waals surface area contributed by atoms with E-state index in [2.05, 4.69) is 39.7 Å². The summed E-state index contributed by atoms with van der Waals surface area (Å²) >= 11 is 0. The van der Waals surface area contributed by atoms with Crippen molar-refractivity contribution in [3.63, 3.8) is 0 Å². The number of aromatic nitrogens is 6. The molecule has 44 heavy (non-hydrogen) atoms. The summed E-state index contributed by atoms with van der Waals surface area (Å²) in [7, 11) is 0. The Labute approximate surface area is 259 Å². The first-order chi connectivity index (χ1) is 21.8. The highest BCUT2D eigenvalue weighted by Crippen LogP contribution is 2.29. The van der Waals surface area contributed by atoms with Gasteiger partial charge in [0.1, 0.15) is 22.8 Å². The number of hydrogen-bond donors (Lipinski definition) is 2. The largest absolute Gasteiger partial charge is 0.396 e. The van der Waals surface area contributed by atoms with Crippen LogP contribution in [0.25, 0.3) is 45.0 Å². The summed E-state index contributed by atoms with van der Waals surface area (Å²) in [6.07, 6.45) is 8.07. The fourth-order valence-electron chi connectivity index (χ4n) is 5.10. The number of aliphatic hydroxyl groups excluding tert-OH is 1. The van der Waals surface area contributed by atoms with E-state index >= 15 is 0 Å². The smallest absolute Gasteiger partial charge is 0.121 e. The number of H-pyrrole nitrogens is 1. The van der Waals surface area contributed by atoms with E-state index in [-0.39, 0.29) is 0 Å². The van der Waals surface area contributed by atoms with Gasteiger partial charge < -0.3 is 5.11 Å². The zero-order chi connectivity index (χ0) is 30.2. The average molecular weight is 585 g/mol. The number of aryl methyl sites for hydroxylation is 1. The van der Waals surface area contributed by atoms with E-state index < -0.39 is 0 Å². The molecule has 0 amide bonds. The molecule has 0 spiro atoms. The van der Waals surface area contributed by atoms with Crippen LogP contribution in [0.15, 0.2) is 121 Å². The van der Waals surface area contributed by atoms with Crippen LogP contribution in [-0.2, 0) is 6.54 Å². The molecule has 0 radical (unpaired) electrons. The van der Waals surface area contributed by atoms with Crippen molar-refractivity contribution in [1.82, 2.24) is 30.4 Å². The van der Waals surface area contributed by atoms with Gasteiger partial charge in [0.15, 0.2) is 0 Å². The molecule has 6 rings (SSSR count). The minimum atomic E-state index is 0.318. The summed E-state index contributed by atoms with van der Waals surface area (Å²) in [5, 5.41) is 29.5. The third-order valence-electron chi connectivity index (χ3n) is 7.41. The topological polar surface area (TPSA) is 92.5 Å². The van der Waals surface area contributed by atoms with Crippen LogP contribution in [0.1, 0.15) is 44.9 Å². The molecule has 0 fully saturated rings. The normalized spacial score (nSPS) is 10.8. The van der Waals surface area contributed by atoms with Crippen LogP contribution in [0, 0.1) is 0 Å². The van der Waals surface area contributed by atoms with E-state index in [1.807, 2.05) is 102 Å². The van der Waals surface area contributed by atoms with Crippen molar-refractivity contribution in [1.29, 1.82) is 0 Å². The van der Waals surface area contributed by atoms with Crippen LogP contribution in [0.3, 0.4) is 0 Å². The molecule has 4 aromatic carbocycles. The van der Waals surface area contributed by atoms with E-state index in [4.69, 9.17) is 15.3 Å². The Kier molecular flexibility index (Phi) is 11.6. The van der Waals surface area contributed by atoms with E-state index in [0.717, 1.165) is 70.8 Å². The quantitative estimate of drug-likeness (QED) is 0.133. The average Bonchev–Trinajstić information content (AvgIpc) is 3.76. The molecule has 0 saturated carbocycles. The molecular formula is C37H40N6O. The number of unbranched alkanes of at least 4 members (excludes halogenated alkanes) is 6. The molecule has 0 aliphatic heterocycles. The Bertz CT molecular complexity index is 1520. The summed E-state index contributed by atoms with van der Waals surface area (Å²) in [5.41, 5.74) is 8.02. The van der Waals surface area contributed by atoms with Gasteiger partial charge in [-0.05, 0) is 12.8 Å². The van der Waals surface area contributed by atoms with Gasteiger partial charge in [0, 0.05) is 28.9 Å². The maximum Gasteiger partial charge on any atom is 0.121 e. The molecule has 0 aliphatic rings. The van der Waals surface area contributed by atoms with Crippen molar-refractivity contribution < 1.29 is 5.11 Å². The Hall–Kier alpha value is -4.88. The SMILES string of the molecule is OCCCCCCCCCn1nc(-c2ccccc2)c(-c2ccccc2)n1.c1ccc(-c2n[nH]nc2-c2ccccc2)cc1. The first kappa shape index (κ1) is 30.6. The summed E-state index contributed by atoms with van der Waals surface area (Å²) in [5.74, 6) is 0. The summed E-state index contributed by atoms with van der Waals surface area (Å²) in [4.78, 5) is 1.86. The summed E-state index contributed by atoms with van der Waals surface area (Å²) in [6, 6.07) is 40.7. The van der Waals surface area contributed by atoms with Gasteiger partial charge in [0.05, 0.1) is 6.54 Å².